The SMILES string of the molecule is N#CC(=Cc1ccc(-c2ccccc2[N+](=O)[O-])o1)c1nc(-c2cc3cc(Br)ccc3oc2=O)cs1. The molecule has 0 spiro atoms. The van der Waals surface area contributed by atoms with Gasteiger partial charge in [-0.2, -0.15) is 5.26 Å². The fourth-order valence-electron chi connectivity index (χ4n) is 3.49. The summed E-state index contributed by atoms with van der Waals surface area (Å²) in [4.78, 5) is 27.8. The highest BCUT2D eigenvalue weighted by Crippen LogP contribution is 2.33. The number of fused-ring (bicyclic) bond motifs is 1. The van der Waals surface area contributed by atoms with Crippen molar-refractivity contribution in [2.24, 2.45) is 0 Å². The minimum atomic E-state index is -0.528. The maximum Gasteiger partial charge on any atom is 0.345 e. The van der Waals surface area contributed by atoms with Crippen molar-refractivity contribution in [2.75, 3.05) is 0 Å². The van der Waals surface area contributed by atoms with Crippen LogP contribution in [0.3, 0.4) is 0 Å². The zero-order chi connectivity index (χ0) is 24.5. The topological polar surface area (TPSA) is 123 Å². The third kappa shape index (κ3) is 4.42. The molecule has 0 saturated heterocycles. The smallest absolute Gasteiger partial charge is 0.345 e. The third-order valence-corrected chi connectivity index (χ3v) is 6.47. The number of nitro benzene ring substituents is 1. The minimum Gasteiger partial charge on any atom is -0.456 e. The summed E-state index contributed by atoms with van der Waals surface area (Å²) in [6, 6.07) is 18.6. The molecule has 0 aliphatic heterocycles. The second kappa shape index (κ2) is 9.13. The summed E-state index contributed by atoms with van der Waals surface area (Å²) in [6.45, 7) is 0. The summed E-state index contributed by atoms with van der Waals surface area (Å²) in [5, 5.41) is 23.8. The number of hydrogen-bond donors (Lipinski definition) is 0. The molecule has 170 valence electrons. The van der Waals surface area contributed by atoms with E-state index in [1.54, 1.807) is 53.9 Å². The molecule has 10 heteroatoms. The highest BCUT2D eigenvalue weighted by molar-refractivity contribution is 9.10. The molecule has 0 fully saturated rings. The number of furan rings is 1. The normalized spacial score (nSPS) is 11.5. The number of allylic oxidation sites excluding steroid dienone is 1. The predicted molar refractivity (Wildman–Crippen MR) is 136 cm³/mol. The number of hydrogen-bond acceptors (Lipinski definition) is 8. The van der Waals surface area contributed by atoms with Crippen molar-refractivity contribution in [3.05, 3.63) is 102 Å². The van der Waals surface area contributed by atoms with E-state index in [9.17, 15) is 20.2 Å². The Kier molecular flexibility index (Phi) is 5.86. The lowest BCUT2D eigenvalue weighted by molar-refractivity contribution is -0.384. The molecule has 0 bridgehead atoms. The van der Waals surface area contributed by atoms with Crippen LogP contribution in [0, 0.1) is 21.4 Å². The van der Waals surface area contributed by atoms with E-state index in [4.69, 9.17) is 8.83 Å². The van der Waals surface area contributed by atoms with Crippen molar-refractivity contribution in [3.63, 3.8) is 0 Å². The molecular formula is C25H12BrN3O5S. The summed E-state index contributed by atoms with van der Waals surface area (Å²) in [7, 11) is 0. The first-order valence-corrected chi connectivity index (χ1v) is 11.8. The average molecular weight is 546 g/mol. The Morgan fingerprint density at radius 3 is 2.74 bits per heavy atom. The highest BCUT2D eigenvalue weighted by atomic mass is 79.9. The second-order valence-corrected chi connectivity index (χ2v) is 9.09. The number of nitriles is 1. The maximum atomic E-state index is 12.5. The standard InChI is InChI=1S/C25H12BrN3O5S/c26-16-5-7-22-14(9-16)11-19(25(30)34-22)20-13-35-24(28-20)15(12-27)10-17-6-8-23(33-17)18-3-1-2-4-21(18)29(31)32/h1-11,13H. The van der Waals surface area contributed by atoms with Crippen molar-refractivity contribution in [1.29, 1.82) is 5.26 Å². The Bertz CT molecular complexity index is 1740. The molecule has 2 aromatic carbocycles. The van der Waals surface area contributed by atoms with Crippen LogP contribution in [0.2, 0.25) is 0 Å². The van der Waals surface area contributed by atoms with Gasteiger partial charge in [-0.3, -0.25) is 10.1 Å². The molecular weight excluding hydrogens is 534 g/mol. The third-order valence-electron chi connectivity index (χ3n) is 5.10. The molecule has 3 heterocycles. The van der Waals surface area contributed by atoms with Crippen molar-refractivity contribution in [1.82, 2.24) is 4.98 Å². The number of nitro groups is 1. The van der Waals surface area contributed by atoms with E-state index in [-0.39, 0.29) is 16.8 Å². The monoisotopic (exact) mass is 545 g/mol. The number of para-hydroxylation sites is 1. The van der Waals surface area contributed by atoms with Crippen LogP contribution < -0.4 is 5.63 Å². The van der Waals surface area contributed by atoms with E-state index < -0.39 is 10.5 Å². The predicted octanol–water partition coefficient (Wildman–Crippen LogP) is 6.91. The first kappa shape index (κ1) is 22.5. The van der Waals surface area contributed by atoms with E-state index in [1.165, 1.54) is 23.5 Å². The van der Waals surface area contributed by atoms with Crippen molar-refractivity contribution < 1.29 is 13.8 Å². The Labute approximate surface area is 209 Å². The number of halogens is 1. The van der Waals surface area contributed by atoms with Crippen molar-refractivity contribution >= 4 is 55.6 Å². The van der Waals surface area contributed by atoms with E-state index in [0.717, 1.165) is 9.86 Å². The van der Waals surface area contributed by atoms with Crippen LogP contribution in [-0.2, 0) is 0 Å². The molecule has 0 saturated carbocycles. The largest absolute Gasteiger partial charge is 0.456 e. The summed E-state index contributed by atoms with van der Waals surface area (Å²) >= 11 is 4.60. The summed E-state index contributed by atoms with van der Waals surface area (Å²) in [6.07, 6.45) is 1.50. The van der Waals surface area contributed by atoms with Gasteiger partial charge < -0.3 is 8.83 Å². The van der Waals surface area contributed by atoms with Gasteiger partial charge in [0.1, 0.15) is 28.2 Å². The van der Waals surface area contributed by atoms with Gasteiger partial charge in [-0.05, 0) is 42.5 Å². The number of aromatic nitrogens is 1. The Morgan fingerprint density at radius 2 is 1.94 bits per heavy atom. The van der Waals surface area contributed by atoms with Crippen LogP contribution in [-0.4, -0.2) is 9.91 Å². The quantitative estimate of drug-likeness (QED) is 0.102. The summed E-state index contributed by atoms with van der Waals surface area (Å²) < 4.78 is 12.0. The van der Waals surface area contributed by atoms with Gasteiger partial charge in [0.05, 0.1) is 27.3 Å². The average Bonchev–Trinajstić information content (AvgIpc) is 3.52. The number of benzene rings is 2. The molecule has 0 atom stereocenters. The zero-order valence-electron chi connectivity index (χ0n) is 17.6. The molecule has 5 rings (SSSR count). The van der Waals surface area contributed by atoms with Gasteiger partial charge in [0.25, 0.3) is 5.69 Å². The lowest BCUT2D eigenvalue weighted by atomic mass is 10.1. The van der Waals surface area contributed by atoms with E-state index in [0.29, 0.717) is 33.4 Å². The van der Waals surface area contributed by atoms with Crippen LogP contribution in [0.15, 0.2) is 84.1 Å². The summed E-state index contributed by atoms with van der Waals surface area (Å²) in [5.41, 5.74) is 1.08. The molecule has 0 unspecified atom stereocenters. The van der Waals surface area contributed by atoms with E-state index >= 15 is 0 Å². The van der Waals surface area contributed by atoms with Crippen LogP contribution in [0.25, 0.3) is 45.2 Å². The van der Waals surface area contributed by atoms with Gasteiger partial charge in [0.15, 0.2) is 0 Å². The zero-order valence-corrected chi connectivity index (χ0v) is 20.0. The van der Waals surface area contributed by atoms with E-state index in [1.807, 2.05) is 6.07 Å². The van der Waals surface area contributed by atoms with Crippen LogP contribution >= 0.6 is 27.3 Å². The Balaban J connectivity index is 1.49. The summed E-state index contributed by atoms with van der Waals surface area (Å²) in [5.74, 6) is 0.641. The molecule has 0 radical (unpaired) electrons. The Hall–Kier alpha value is -4.33. The van der Waals surface area contributed by atoms with E-state index in [2.05, 4.69) is 27.0 Å². The first-order chi connectivity index (χ1) is 16.9. The van der Waals surface area contributed by atoms with Gasteiger partial charge in [-0.25, -0.2) is 9.78 Å². The maximum absolute atomic E-state index is 12.5. The minimum absolute atomic E-state index is 0.0799. The molecule has 0 aliphatic carbocycles. The van der Waals surface area contributed by atoms with Crippen LogP contribution in [0.1, 0.15) is 10.8 Å². The fourth-order valence-corrected chi connectivity index (χ4v) is 4.66. The first-order valence-electron chi connectivity index (χ1n) is 10.1. The van der Waals surface area contributed by atoms with Gasteiger partial charge >= 0.3 is 5.63 Å². The number of rotatable bonds is 5. The molecule has 35 heavy (non-hydrogen) atoms. The molecule has 3 aromatic heterocycles. The molecule has 8 nitrogen and oxygen atoms in total. The molecule has 0 N–H and O–H groups in total. The van der Waals surface area contributed by atoms with Crippen LogP contribution in [0.5, 0.6) is 0 Å². The lowest BCUT2D eigenvalue weighted by Crippen LogP contribution is -2.02. The number of nitrogens with zero attached hydrogens (tertiary/aromatic N) is 3. The van der Waals surface area contributed by atoms with Gasteiger partial charge in [0, 0.05) is 27.4 Å². The highest BCUT2D eigenvalue weighted by Gasteiger charge is 2.18. The van der Waals surface area contributed by atoms with Crippen molar-refractivity contribution in [3.8, 4) is 28.7 Å². The molecule has 0 aliphatic rings. The van der Waals surface area contributed by atoms with Crippen LogP contribution in [0.4, 0.5) is 5.69 Å². The second-order valence-electron chi connectivity index (χ2n) is 7.31. The van der Waals surface area contributed by atoms with Gasteiger partial charge in [-0.15, -0.1) is 11.3 Å². The lowest BCUT2D eigenvalue weighted by Gasteiger charge is -2.00. The van der Waals surface area contributed by atoms with Gasteiger partial charge in [0.2, 0.25) is 0 Å². The molecule has 5 aromatic rings. The van der Waals surface area contributed by atoms with Gasteiger partial charge in [-0.1, -0.05) is 28.1 Å². The Morgan fingerprint density at radius 1 is 1.11 bits per heavy atom. The fraction of sp³-hybridized carbons (Fsp3) is 0. The molecule has 0 amide bonds. The van der Waals surface area contributed by atoms with Crippen molar-refractivity contribution in [2.45, 2.75) is 0 Å². The number of thiazole rings is 1.